The van der Waals surface area contributed by atoms with E-state index >= 15 is 0 Å². The summed E-state index contributed by atoms with van der Waals surface area (Å²) in [5.74, 6) is 1.79. The minimum absolute atomic E-state index is 0.365. The van der Waals surface area contributed by atoms with E-state index < -0.39 is 0 Å². The molecule has 0 aromatic heterocycles. The quantitative estimate of drug-likeness (QED) is 0.797. The summed E-state index contributed by atoms with van der Waals surface area (Å²) in [6.45, 7) is 1.53. The number of fused-ring (bicyclic) bond motifs is 1. The monoisotopic (exact) mass is 261 g/mol. The van der Waals surface area contributed by atoms with Gasteiger partial charge in [-0.05, 0) is 56.3 Å². The highest BCUT2D eigenvalue weighted by Gasteiger charge is 2.14. The number of hydrogen-bond acceptors (Lipinski definition) is 3. The van der Waals surface area contributed by atoms with Crippen LogP contribution >= 0.6 is 0 Å². The molecule has 1 N–H and O–H groups in total. The smallest absolute Gasteiger partial charge is 0.231 e. The van der Waals surface area contributed by atoms with Gasteiger partial charge in [-0.25, -0.2) is 0 Å². The fourth-order valence-corrected chi connectivity index (χ4v) is 2.99. The fourth-order valence-electron chi connectivity index (χ4n) is 2.99. The van der Waals surface area contributed by atoms with Crippen LogP contribution in [0.4, 0.5) is 0 Å². The molecule has 3 nitrogen and oxygen atoms in total. The molecule has 0 bridgehead atoms. The van der Waals surface area contributed by atoms with Crippen LogP contribution in [0.3, 0.4) is 0 Å². The van der Waals surface area contributed by atoms with E-state index in [1.54, 1.807) is 0 Å². The van der Waals surface area contributed by atoms with Crippen LogP contribution in [0.15, 0.2) is 18.2 Å². The van der Waals surface area contributed by atoms with Crippen molar-refractivity contribution in [3.63, 3.8) is 0 Å². The third-order valence-electron chi connectivity index (χ3n) is 4.12. The number of aryl methyl sites for hydroxylation is 1. The third kappa shape index (κ3) is 3.41. The summed E-state index contributed by atoms with van der Waals surface area (Å²) in [7, 11) is 0. The highest BCUT2D eigenvalue weighted by atomic mass is 16.7. The molecule has 0 radical (unpaired) electrons. The molecule has 1 aromatic rings. The molecule has 1 aliphatic heterocycles. The Balaban J connectivity index is 1.35. The number of rotatable bonds is 6. The lowest BCUT2D eigenvalue weighted by molar-refractivity contribution is 0.174. The zero-order chi connectivity index (χ0) is 12.9. The minimum Gasteiger partial charge on any atom is -0.454 e. The number of benzene rings is 1. The summed E-state index contributed by atoms with van der Waals surface area (Å²) in [6, 6.07) is 7.09. The Morgan fingerprint density at radius 1 is 1.05 bits per heavy atom. The van der Waals surface area contributed by atoms with Crippen molar-refractivity contribution in [3.8, 4) is 11.5 Å². The zero-order valence-electron chi connectivity index (χ0n) is 11.5. The Kier molecular flexibility index (Phi) is 4.23. The molecule has 19 heavy (non-hydrogen) atoms. The summed E-state index contributed by atoms with van der Waals surface area (Å²) < 4.78 is 10.7. The van der Waals surface area contributed by atoms with Crippen molar-refractivity contribution in [2.75, 3.05) is 13.3 Å². The normalized spacial score (nSPS) is 18.1. The van der Waals surface area contributed by atoms with Gasteiger partial charge in [0.05, 0.1) is 0 Å². The minimum atomic E-state index is 0.365. The summed E-state index contributed by atoms with van der Waals surface area (Å²) in [5, 5.41) is 3.66. The Hall–Kier alpha value is -1.22. The number of nitrogens with one attached hydrogen (secondary N) is 1. The molecule has 3 heteroatoms. The molecule has 0 unspecified atom stereocenters. The molecule has 1 aromatic carbocycles. The van der Waals surface area contributed by atoms with Gasteiger partial charge in [0, 0.05) is 6.04 Å². The maximum atomic E-state index is 5.40. The van der Waals surface area contributed by atoms with E-state index in [2.05, 4.69) is 17.4 Å². The Morgan fingerprint density at radius 2 is 1.89 bits per heavy atom. The molecule has 1 fully saturated rings. The van der Waals surface area contributed by atoms with Crippen LogP contribution in [0.25, 0.3) is 0 Å². The summed E-state index contributed by atoms with van der Waals surface area (Å²) in [4.78, 5) is 0. The van der Waals surface area contributed by atoms with E-state index in [1.165, 1.54) is 44.1 Å². The number of hydrogen-bond donors (Lipinski definition) is 1. The van der Waals surface area contributed by atoms with Crippen molar-refractivity contribution in [2.24, 2.45) is 0 Å². The van der Waals surface area contributed by atoms with Gasteiger partial charge in [-0.3, -0.25) is 0 Å². The Morgan fingerprint density at radius 3 is 2.79 bits per heavy atom. The van der Waals surface area contributed by atoms with Crippen LogP contribution in [0, 0.1) is 0 Å². The maximum absolute atomic E-state index is 5.40. The first-order valence-corrected chi connectivity index (χ1v) is 7.54. The number of unbranched alkanes of at least 4 members (excludes halogenated alkanes) is 1. The average molecular weight is 261 g/mol. The van der Waals surface area contributed by atoms with Crippen molar-refractivity contribution in [1.29, 1.82) is 0 Å². The van der Waals surface area contributed by atoms with E-state index in [0.717, 1.165) is 30.5 Å². The van der Waals surface area contributed by atoms with Crippen LogP contribution in [-0.4, -0.2) is 19.4 Å². The maximum Gasteiger partial charge on any atom is 0.231 e. The van der Waals surface area contributed by atoms with E-state index in [4.69, 9.17) is 9.47 Å². The van der Waals surface area contributed by atoms with Crippen molar-refractivity contribution >= 4 is 0 Å². The molecule has 0 saturated heterocycles. The van der Waals surface area contributed by atoms with Gasteiger partial charge >= 0.3 is 0 Å². The van der Waals surface area contributed by atoms with Crippen LogP contribution in [0.5, 0.6) is 11.5 Å². The standard InChI is InChI=1S/C16H23NO2/c1-2-7-14(6-1)17-10-4-3-5-13-8-9-15-16(11-13)19-12-18-15/h8-9,11,14,17H,1-7,10,12H2. The molecule has 0 amide bonds. The van der Waals surface area contributed by atoms with Crippen LogP contribution in [0.2, 0.25) is 0 Å². The lowest BCUT2D eigenvalue weighted by atomic mass is 10.1. The predicted octanol–water partition coefficient (Wildman–Crippen LogP) is 3.27. The van der Waals surface area contributed by atoms with Crippen LogP contribution in [-0.2, 0) is 6.42 Å². The summed E-state index contributed by atoms with van der Waals surface area (Å²) >= 11 is 0. The lowest BCUT2D eigenvalue weighted by Crippen LogP contribution is -2.26. The summed E-state index contributed by atoms with van der Waals surface area (Å²) in [5.41, 5.74) is 1.35. The van der Waals surface area contributed by atoms with Crippen LogP contribution < -0.4 is 14.8 Å². The molecule has 0 spiro atoms. The van der Waals surface area contributed by atoms with E-state index in [-0.39, 0.29) is 0 Å². The van der Waals surface area contributed by atoms with Crippen molar-refractivity contribution in [3.05, 3.63) is 23.8 Å². The highest BCUT2D eigenvalue weighted by Crippen LogP contribution is 2.32. The first-order chi connectivity index (χ1) is 9.42. The fraction of sp³-hybridized carbons (Fsp3) is 0.625. The topological polar surface area (TPSA) is 30.5 Å². The lowest BCUT2D eigenvalue weighted by Gasteiger charge is -2.11. The van der Waals surface area contributed by atoms with Gasteiger partial charge in [-0.15, -0.1) is 0 Å². The molecule has 2 aliphatic rings. The van der Waals surface area contributed by atoms with Gasteiger partial charge in [0.1, 0.15) is 0 Å². The second kappa shape index (κ2) is 6.29. The summed E-state index contributed by atoms with van der Waals surface area (Å²) in [6.07, 6.45) is 9.20. The molecule has 1 aliphatic carbocycles. The second-order valence-electron chi connectivity index (χ2n) is 5.58. The first kappa shape index (κ1) is 12.8. The second-order valence-corrected chi connectivity index (χ2v) is 5.58. The molecule has 3 rings (SSSR count). The van der Waals surface area contributed by atoms with E-state index in [1.807, 2.05) is 6.07 Å². The molecule has 1 heterocycles. The van der Waals surface area contributed by atoms with Gasteiger partial charge in [-0.1, -0.05) is 18.9 Å². The van der Waals surface area contributed by atoms with Gasteiger partial charge in [0.15, 0.2) is 11.5 Å². The van der Waals surface area contributed by atoms with Gasteiger partial charge in [0.25, 0.3) is 0 Å². The largest absolute Gasteiger partial charge is 0.454 e. The van der Waals surface area contributed by atoms with Crippen molar-refractivity contribution in [1.82, 2.24) is 5.32 Å². The molecular weight excluding hydrogens is 238 g/mol. The Bertz CT molecular complexity index is 413. The first-order valence-electron chi connectivity index (χ1n) is 7.54. The van der Waals surface area contributed by atoms with Crippen molar-refractivity contribution in [2.45, 2.75) is 51.0 Å². The van der Waals surface area contributed by atoms with Gasteiger partial charge in [0.2, 0.25) is 6.79 Å². The van der Waals surface area contributed by atoms with Gasteiger partial charge < -0.3 is 14.8 Å². The third-order valence-corrected chi connectivity index (χ3v) is 4.12. The van der Waals surface area contributed by atoms with E-state index in [9.17, 15) is 0 Å². The molecular formula is C16H23NO2. The molecule has 0 atom stereocenters. The van der Waals surface area contributed by atoms with E-state index in [0.29, 0.717) is 6.79 Å². The zero-order valence-corrected chi connectivity index (χ0v) is 11.5. The van der Waals surface area contributed by atoms with Gasteiger partial charge in [-0.2, -0.15) is 0 Å². The molecule has 104 valence electrons. The SMILES string of the molecule is c1cc2c(cc1CCCCNC1CCCC1)OCO2. The number of ether oxygens (including phenoxy) is 2. The predicted molar refractivity (Wildman–Crippen MR) is 75.8 cm³/mol. The Labute approximate surface area is 115 Å². The van der Waals surface area contributed by atoms with Crippen LogP contribution in [0.1, 0.15) is 44.1 Å². The highest BCUT2D eigenvalue weighted by molar-refractivity contribution is 5.44. The van der Waals surface area contributed by atoms with Crippen molar-refractivity contribution < 1.29 is 9.47 Å². The molecule has 1 saturated carbocycles. The average Bonchev–Trinajstić information content (AvgIpc) is 3.08.